The molecule has 1 aliphatic heterocycles. The summed E-state index contributed by atoms with van der Waals surface area (Å²) in [5.41, 5.74) is 9.85. The fraction of sp³-hybridized carbons (Fsp3) is 0.267. The molecule has 1 aromatic carbocycles. The fourth-order valence-electron chi connectivity index (χ4n) is 2.53. The summed E-state index contributed by atoms with van der Waals surface area (Å²) in [6.07, 6.45) is 1.80. The molecule has 1 aliphatic rings. The molecule has 1 amide bonds. The molecule has 3 nitrogen and oxygen atoms in total. The molecular weight excluding hydrogens is 256 g/mol. The van der Waals surface area contributed by atoms with Gasteiger partial charge in [0.15, 0.2) is 0 Å². The van der Waals surface area contributed by atoms with Gasteiger partial charge in [0.2, 0.25) is 0 Å². The Morgan fingerprint density at radius 1 is 1.42 bits per heavy atom. The number of fused-ring (bicyclic) bond motifs is 1. The first kappa shape index (κ1) is 12.2. The Hall–Kier alpha value is -1.81. The topological polar surface area (TPSA) is 46.3 Å². The molecule has 0 atom stereocenters. The van der Waals surface area contributed by atoms with Crippen LogP contribution in [-0.2, 0) is 12.8 Å². The van der Waals surface area contributed by atoms with Gasteiger partial charge in [0.1, 0.15) is 0 Å². The fourth-order valence-corrected chi connectivity index (χ4v) is 3.47. The van der Waals surface area contributed by atoms with Crippen LogP contribution < -0.4 is 10.6 Å². The van der Waals surface area contributed by atoms with E-state index in [0.717, 1.165) is 35.5 Å². The lowest BCUT2D eigenvalue weighted by molar-refractivity contribution is 0.0992. The van der Waals surface area contributed by atoms with E-state index in [1.54, 1.807) is 0 Å². The van der Waals surface area contributed by atoms with E-state index in [-0.39, 0.29) is 5.91 Å². The van der Waals surface area contributed by atoms with Gasteiger partial charge >= 0.3 is 0 Å². The predicted molar refractivity (Wildman–Crippen MR) is 79.9 cm³/mol. The third-order valence-corrected chi connectivity index (χ3v) is 4.52. The Morgan fingerprint density at radius 2 is 2.26 bits per heavy atom. The highest BCUT2D eigenvalue weighted by Crippen LogP contribution is 2.32. The average Bonchev–Trinajstić information content (AvgIpc) is 3.03. The van der Waals surface area contributed by atoms with Crippen LogP contribution in [0.4, 0.5) is 11.4 Å². The number of nitrogens with zero attached hydrogens (tertiary/aromatic N) is 1. The highest BCUT2D eigenvalue weighted by Gasteiger charge is 2.27. The van der Waals surface area contributed by atoms with Crippen molar-refractivity contribution in [2.24, 2.45) is 0 Å². The van der Waals surface area contributed by atoms with Gasteiger partial charge in [-0.3, -0.25) is 4.79 Å². The second kappa shape index (κ2) is 4.70. The second-order valence-corrected chi connectivity index (χ2v) is 5.64. The molecule has 0 fully saturated rings. The zero-order valence-corrected chi connectivity index (χ0v) is 11.7. The minimum atomic E-state index is 0.108. The van der Waals surface area contributed by atoms with Gasteiger partial charge in [0, 0.05) is 17.9 Å². The molecule has 0 saturated heterocycles. The van der Waals surface area contributed by atoms with Crippen LogP contribution in [-0.4, -0.2) is 12.5 Å². The lowest BCUT2D eigenvalue weighted by atomic mass is 10.1. The number of nitrogen functional groups attached to an aromatic ring is 1. The Bertz CT molecular complexity index is 633. The molecule has 4 heteroatoms. The lowest BCUT2D eigenvalue weighted by Crippen LogP contribution is -2.28. The molecular formula is C15H16N2OS. The SMILES string of the molecule is CCc1ccsc1C(=O)N1CCc2ccc(N)cc21. The molecule has 0 bridgehead atoms. The number of hydrogen-bond donors (Lipinski definition) is 1. The smallest absolute Gasteiger partial charge is 0.268 e. The number of benzene rings is 1. The average molecular weight is 272 g/mol. The maximum atomic E-state index is 12.7. The van der Waals surface area contributed by atoms with Gasteiger partial charge in [0.05, 0.1) is 4.88 Å². The van der Waals surface area contributed by atoms with Gasteiger partial charge in [-0.05, 0) is 47.5 Å². The zero-order valence-electron chi connectivity index (χ0n) is 10.8. The van der Waals surface area contributed by atoms with E-state index in [1.165, 1.54) is 16.9 Å². The largest absolute Gasteiger partial charge is 0.399 e. The second-order valence-electron chi connectivity index (χ2n) is 4.72. The number of thiophene rings is 1. The van der Waals surface area contributed by atoms with Crippen LogP contribution in [0.5, 0.6) is 0 Å². The highest BCUT2D eigenvalue weighted by molar-refractivity contribution is 7.12. The van der Waals surface area contributed by atoms with Crippen LogP contribution in [0.2, 0.25) is 0 Å². The first-order valence-electron chi connectivity index (χ1n) is 6.47. The molecule has 19 heavy (non-hydrogen) atoms. The van der Waals surface area contributed by atoms with Crippen LogP contribution in [0, 0.1) is 0 Å². The minimum absolute atomic E-state index is 0.108. The molecule has 0 unspecified atom stereocenters. The molecule has 0 radical (unpaired) electrons. The van der Waals surface area contributed by atoms with E-state index < -0.39 is 0 Å². The van der Waals surface area contributed by atoms with Gasteiger partial charge in [0.25, 0.3) is 5.91 Å². The quantitative estimate of drug-likeness (QED) is 0.854. The molecule has 0 saturated carbocycles. The van der Waals surface area contributed by atoms with E-state index in [2.05, 4.69) is 6.92 Å². The summed E-state index contributed by atoms with van der Waals surface area (Å²) >= 11 is 1.53. The van der Waals surface area contributed by atoms with Crippen molar-refractivity contribution < 1.29 is 4.79 Å². The first-order valence-corrected chi connectivity index (χ1v) is 7.35. The molecule has 1 aromatic heterocycles. The van der Waals surface area contributed by atoms with E-state index in [0.29, 0.717) is 5.69 Å². The van der Waals surface area contributed by atoms with Crippen molar-refractivity contribution in [2.75, 3.05) is 17.2 Å². The molecule has 2 N–H and O–H groups in total. The summed E-state index contributed by atoms with van der Waals surface area (Å²) in [6, 6.07) is 7.86. The summed E-state index contributed by atoms with van der Waals surface area (Å²) in [4.78, 5) is 15.4. The maximum Gasteiger partial charge on any atom is 0.268 e. The van der Waals surface area contributed by atoms with E-state index >= 15 is 0 Å². The first-order chi connectivity index (χ1) is 9.20. The van der Waals surface area contributed by atoms with Gasteiger partial charge in [-0.15, -0.1) is 11.3 Å². The number of amides is 1. The minimum Gasteiger partial charge on any atom is -0.399 e. The van der Waals surface area contributed by atoms with Crippen LogP contribution in [0.15, 0.2) is 29.6 Å². The van der Waals surface area contributed by atoms with Crippen molar-refractivity contribution in [3.63, 3.8) is 0 Å². The summed E-state index contributed by atoms with van der Waals surface area (Å²) in [7, 11) is 0. The Morgan fingerprint density at radius 3 is 3.05 bits per heavy atom. The van der Waals surface area contributed by atoms with Crippen LogP contribution in [0.25, 0.3) is 0 Å². The number of anilines is 2. The van der Waals surface area contributed by atoms with Gasteiger partial charge in [-0.2, -0.15) is 0 Å². The van der Waals surface area contributed by atoms with Crippen molar-refractivity contribution in [3.05, 3.63) is 45.6 Å². The van der Waals surface area contributed by atoms with Crippen molar-refractivity contribution >= 4 is 28.6 Å². The molecule has 98 valence electrons. The molecule has 0 spiro atoms. The summed E-state index contributed by atoms with van der Waals surface area (Å²) in [5, 5.41) is 1.99. The standard InChI is InChI=1S/C15H16N2OS/c1-2-10-6-8-19-14(10)15(18)17-7-5-11-3-4-12(16)9-13(11)17/h3-4,6,8-9H,2,5,7,16H2,1H3. The van der Waals surface area contributed by atoms with Crippen LogP contribution in [0.3, 0.4) is 0 Å². The van der Waals surface area contributed by atoms with Crippen molar-refractivity contribution in [2.45, 2.75) is 19.8 Å². The molecule has 2 heterocycles. The van der Waals surface area contributed by atoms with Crippen LogP contribution in [0.1, 0.15) is 27.7 Å². The summed E-state index contributed by atoms with van der Waals surface area (Å²) in [6.45, 7) is 2.83. The summed E-state index contributed by atoms with van der Waals surface area (Å²) in [5.74, 6) is 0.108. The Balaban J connectivity index is 1.97. The third kappa shape index (κ3) is 2.02. The number of carbonyl (C=O) groups is 1. The van der Waals surface area contributed by atoms with E-state index in [1.807, 2.05) is 34.5 Å². The van der Waals surface area contributed by atoms with Gasteiger partial charge in [-0.25, -0.2) is 0 Å². The molecule has 2 aromatic rings. The number of carbonyl (C=O) groups excluding carboxylic acids is 1. The molecule has 0 aliphatic carbocycles. The lowest BCUT2D eigenvalue weighted by Gasteiger charge is -2.17. The summed E-state index contributed by atoms with van der Waals surface area (Å²) < 4.78 is 0. The van der Waals surface area contributed by atoms with Crippen molar-refractivity contribution in [3.8, 4) is 0 Å². The van der Waals surface area contributed by atoms with E-state index in [9.17, 15) is 4.79 Å². The highest BCUT2D eigenvalue weighted by atomic mass is 32.1. The Labute approximate surface area is 116 Å². The van der Waals surface area contributed by atoms with Crippen molar-refractivity contribution in [1.82, 2.24) is 0 Å². The number of nitrogens with two attached hydrogens (primary N) is 1. The number of hydrogen-bond acceptors (Lipinski definition) is 3. The third-order valence-electron chi connectivity index (χ3n) is 3.57. The maximum absolute atomic E-state index is 12.7. The molecule has 3 rings (SSSR count). The monoisotopic (exact) mass is 272 g/mol. The number of rotatable bonds is 2. The number of aryl methyl sites for hydroxylation is 1. The Kier molecular flexibility index (Phi) is 3.03. The normalized spacial score (nSPS) is 13.6. The zero-order chi connectivity index (χ0) is 13.4. The predicted octanol–water partition coefficient (Wildman–Crippen LogP) is 3.10. The van der Waals surface area contributed by atoms with Gasteiger partial charge in [-0.1, -0.05) is 13.0 Å². The van der Waals surface area contributed by atoms with Crippen LogP contribution >= 0.6 is 11.3 Å². The van der Waals surface area contributed by atoms with Crippen molar-refractivity contribution in [1.29, 1.82) is 0 Å². The van der Waals surface area contributed by atoms with E-state index in [4.69, 9.17) is 5.73 Å². The van der Waals surface area contributed by atoms with Gasteiger partial charge < -0.3 is 10.6 Å².